The number of hydrogen-bond acceptors (Lipinski definition) is 3. The van der Waals surface area contributed by atoms with Crippen LogP contribution in [0, 0.1) is 18.7 Å². The first-order valence-electron chi connectivity index (χ1n) is 8.70. The number of hydrogen-bond donors (Lipinski definition) is 1. The molecule has 2 amide bonds. The lowest BCUT2D eigenvalue weighted by Gasteiger charge is -2.54. The number of aromatic nitrogens is 2. The van der Waals surface area contributed by atoms with Crippen LogP contribution in [0.5, 0.6) is 0 Å². The first-order chi connectivity index (χ1) is 12.0. The second kappa shape index (κ2) is 6.10. The van der Waals surface area contributed by atoms with E-state index in [9.17, 15) is 9.18 Å². The Kier molecular flexibility index (Phi) is 3.90. The fourth-order valence-electron chi connectivity index (χ4n) is 4.12. The highest BCUT2D eigenvalue weighted by Gasteiger charge is 2.46. The fourth-order valence-corrected chi connectivity index (χ4v) is 4.12. The van der Waals surface area contributed by atoms with Gasteiger partial charge in [0, 0.05) is 29.4 Å². The van der Waals surface area contributed by atoms with E-state index in [-0.39, 0.29) is 6.03 Å². The van der Waals surface area contributed by atoms with Gasteiger partial charge in [-0.1, -0.05) is 13.0 Å². The lowest BCUT2D eigenvalue weighted by atomic mass is 9.74. The SMILES string of the molecule is Cc1ccc(NC(=O)N2C3CC(C)C[C@H]2C3)cc1-c1cc(F)cnn1. The number of benzene rings is 1. The van der Waals surface area contributed by atoms with E-state index in [0.29, 0.717) is 29.4 Å². The summed E-state index contributed by atoms with van der Waals surface area (Å²) < 4.78 is 13.4. The van der Waals surface area contributed by atoms with Crippen LogP contribution in [0.4, 0.5) is 14.9 Å². The van der Waals surface area contributed by atoms with Crippen LogP contribution in [0.3, 0.4) is 0 Å². The van der Waals surface area contributed by atoms with Gasteiger partial charge in [0.1, 0.15) is 5.82 Å². The van der Waals surface area contributed by atoms with Crippen LogP contribution in [0.25, 0.3) is 11.3 Å². The maximum atomic E-state index is 13.4. The molecule has 3 atom stereocenters. The molecular formula is C19H21FN4O. The number of piperidine rings is 1. The van der Waals surface area contributed by atoms with Crippen molar-refractivity contribution in [3.63, 3.8) is 0 Å². The van der Waals surface area contributed by atoms with E-state index in [1.54, 1.807) is 0 Å². The molecule has 6 heteroatoms. The largest absolute Gasteiger partial charge is 0.322 e. The Morgan fingerprint density at radius 3 is 2.72 bits per heavy atom. The smallest absolute Gasteiger partial charge is 0.318 e. The van der Waals surface area contributed by atoms with Crippen molar-refractivity contribution in [2.45, 2.75) is 45.2 Å². The average Bonchev–Trinajstić information content (AvgIpc) is 2.56. The average molecular weight is 340 g/mol. The number of amides is 2. The number of fused-ring (bicyclic) bond motifs is 2. The summed E-state index contributed by atoms with van der Waals surface area (Å²) in [6.07, 6.45) is 4.37. The minimum atomic E-state index is -0.429. The Labute approximate surface area is 146 Å². The first kappa shape index (κ1) is 16.0. The van der Waals surface area contributed by atoms with Crippen LogP contribution in [0.2, 0.25) is 0 Å². The zero-order valence-electron chi connectivity index (χ0n) is 14.4. The molecule has 0 aliphatic carbocycles. The quantitative estimate of drug-likeness (QED) is 0.899. The zero-order valence-corrected chi connectivity index (χ0v) is 14.4. The molecule has 25 heavy (non-hydrogen) atoms. The van der Waals surface area contributed by atoms with Crippen LogP contribution < -0.4 is 5.32 Å². The molecular weight excluding hydrogens is 319 g/mol. The number of nitrogens with one attached hydrogen (secondary N) is 1. The van der Waals surface area contributed by atoms with Gasteiger partial charge in [0.15, 0.2) is 0 Å². The third kappa shape index (κ3) is 2.97. The Morgan fingerprint density at radius 1 is 1.24 bits per heavy atom. The standard InChI is InChI=1S/C19H21FN4O/c1-11-5-15-9-16(6-11)24(15)19(25)22-14-4-3-12(2)17(8-14)18-7-13(20)10-21-23-18/h3-4,7-8,10-11,15-16H,5-6,9H2,1-2H3,(H,22,25)/t11?,15-,16?/m0/s1. The predicted octanol–water partition coefficient (Wildman–Crippen LogP) is 4.00. The summed E-state index contributed by atoms with van der Waals surface area (Å²) in [4.78, 5) is 14.6. The second-order valence-electron chi connectivity index (χ2n) is 7.25. The zero-order chi connectivity index (χ0) is 17.6. The molecule has 2 fully saturated rings. The van der Waals surface area contributed by atoms with Crippen molar-refractivity contribution in [1.29, 1.82) is 0 Å². The molecule has 1 aromatic heterocycles. The summed E-state index contributed by atoms with van der Waals surface area (Å²) in [5.74, 6) is 0.270. The number of aryl methyl sites for hydroxylation is 1. The van der Waals surface area contributed by atoms with Gasteiger partial charge in [-0.05, 0) is 49.8 Å². The van der Waals surface area contributed by atoms with E-state index < -0.39 is 5.82 Å². The van der Waals surface area contributed by atoms with Crippen molar-refractivity contribution in [1.82, 2.24) is 15.1 Å². The molecule has 130 valence electrons. The molecule has 5 nitrogen and oxygen atoms in total. The van der Waals surface area contributed by atoms with Gasteiger partial charge < -0.3 is 10.2 Å². The number of urea groups is 1. The Bertz CT molecular complexity index is 813. The lowest BCUT2D eigenvalue weighted by molar-refractivity contribution is -0.00600. The molecule has 0 radical (unpaired) electrons. The second-order valence-corrected chi connectivity index (χ2v) is 7.25. The van der Waals surface area contributed by atoms with Crippen molar-refractivity contribution in [3.05, 3.63) is 41.8 Å². The fraction of sp³-hybridized carbons (Fsp3) is 0.421. The molecule has 2 unspecified atom stereocenters. The van der Waals surface area contributed by atoms with E-state index in [1.807, 2.05) is 30.0 Å². The van der Waals surface area contributed by atoms with Gasteiger partial charge in [0.05, 0.1) is 11.9 Å². The Hall–Kier alpha value is -2.50. The third-order valence-corrected chi connectivity index (χ3v) is 5.30. The van der Waals surface area contributed by atoms with Crippen molar-refractivity contribution < 1.29 is 9.18 Å². The topological polar surface area (TPSA) is 58.1 Å². The lowest BCUT2D eigenvalue weighted by Crippen LogP contribution is -2.63. The van der Waals surface area contributed by atoms with Crippen molar-refractivity contribution in [3.8, 4) is 11.3 Å². The number of halogens is 1. The van der Waals surface area contributed by atoms with Crippen LogP contribution in [-0.4, -0.2) is 33.2 Å². The number of carbonyl (C=O) groups is 1. The van der Waals surface area contributed by atoms with E-state index in [1.165, 1.54) is 6.07 Å². The molecule has 0 spiro atoms. The van der Waals surface area contributed by atoms with Gasteiger partial charge in [0.25, 0.3) is 0 Å². The third-order valence-electron chi connectivity index (χ3n) is 5.30. The molecule has 3 heterocycles. The normalized spacial score (nSPS) is 24.6. The van der Waals surface area contributed by atoms with Gasteiger partial charge in [-0.25, -0.2) is 9.18 Å². The van der Waals surface area contributed by atoms with Crippen LogP contribution in [0.15, 0.2) is 30.5 Å². The van der Waals surface area contributed by atoms with Gasteiger partial charge in [-0.2, -0.15) is 10.2 Å². The van der Waals surface area contributed by atoms with Crippen LogP contribution >= 0.6 is 0 Å². The first-order valence-corrected chi connectivity index (χ1v) is 8.70. The van der Waals surface area contributed by atoms with Crippen molar-refractivity contribution in [2.75, 3.05) is 5.32 Å². The van der Waals surface area contributed by atoms with Crippen molar-refractivity contribution in [2.24, 2.45) is 5.92 Å². The van der Waals surface area contributed by atoms with E-state index >= 15 is 0 Å². The molecule has 2 bridgehead atoms. The summed E-state index contributed by atoms with van der Waals surface area (Å²) >= 11 is 0. The minimum Gasteiger partial charge on any atom is -0.318 e. The molecule has 1 aromatic carbocycles. The highest BCUT2D eigenvalue weighted by Crippen LogP contribution is 2.41. The minimum absolute atomic E-state index is 0.0479. The number of nitrogens with zero attached hydrogens (tertiary/aromatic N) is 3. The van der Waals surface area contributed by atoms with Crippen LogP contribution in [-0.2, 0) is 0 Å². The molecule has 2 saturated heterocycles. The number of carbonyl (C=O) groups excluding carboxylic acids is 1. The van der Waals surface area contributed by atoms with Gasteiger partial charge in [-0.3, -0.25) is 0 Å². The number of anilines is 1. The van der Waals surface area contributed by atoms with E-state index in [2.05, 4.69) is 22.4 Å². The highest BCUT2D eigenvalue weighted by molar-refractivity contribution is 5.91. The van der Waals surface area contributed by atoms with E-state index in [0.717, 1.165) is 36.6 Å². The predicted molar refractivity (Wildman–Crippen MR) is 93.6 cm³/mol. The van der Waals surface area contributed by atoms with Gasteiger partial charge >= 0.3 is 6.03 Å². The van der Waals surface area contributed by atoms with E-state index in [4.69, 9.17) is 0 Å². The van der Waals surface area contributed by atoms with Gasteiger partial charge in [-0.15, -0.1) is 0 Å². The molecule has 4 rings (SSSR count). The number of rotatable bonds is 2. The summed E-state index contributed by atoms with van der Waals surface area (Å²) in [6, 6.07) is 7.63. The van der Waals surface area contributed by atoms with Gasteiger partial charge in [0.2, 0.25) is 0 Å². The molecule has 1 N–H and O–H groups in total. The summed E-state index contributed by atoms with van der Waals surface area (Å²) in [6.45, 7) is 4.18. The highest BCUT2D eigenvalue weighted by atomic mass is 19.1. The summed E-state index contributed by atoms with van der Waals surface area (Å²) in [7, 11) is 0. The molecule has 2 aliphatic heterocycles. The monoisotopic (exact) mass is 340 g/mol. The maximum Gasteiger partial charge on any atom is 0.322 e. The van der Waals surface area contributed by atoms with Crippen molar-refractivity contribution >= 4 is 11.7 Å². The molecule has 2 aromatic rings. The molecule has 2 aliphatic rings. The Morgan fingerprint density at radius 2 is 2.00 bits per heavy atom. The summed E-state index contributed by atoms with van der Waals surface area (Å²) in [5, 5.41) is 10.6. The Balaban J connectivity index is 1.54. The maximum absolute atomic E-state index is 13.4. The summed E-state index contributed by atoms with van der Waals surface area (Å²) in [5.41, 5.74) is 2.87. The van der Waals surface area contributed by atoms with Crippen LogP contribution in [0.1, 0.15) is 31.7 Å². The molecule has 0 saturated carbocycles.